The average Bonchev–Trinajstić information content (AvgIpc) is 2.04. The predicted octanol–water partition coefficient (Wildman–Crippen LogP) is 1.52. The molecule has 0 saturated carbocycles. The summed E-state index contributed by atoms with van der Waals surface area (Å²) in [6.45, 7) is 1.95. The SMILES string of the molecule is Cc1ccc(CCC=O)cn1. The Kier molecular flexibility index (Phi) is 2.78. The van der Waals surface area contributed by atoms with Gasteiger partial charge in [-0.25, -0.2) is 0 Å². The molecule has 1 aromatic rings. The van der Waals surface area contributed by atoms with E-state index in [1.54, 1.807) is 0 Å². The van der Waals surface area contributed by atoms with Crippen molar-refractivity contribution >= 4 is 6.29 Å². The molecule has 1 aromatic heterocycles. The lowest BCUT2D eigenvalue weighted by Crippen LogP contribution is -1.88. The monoisotopic (exact) mass is 149 g/mol. The fourth-order valence-corrected chi connectivity index (χ4v) is 0.872. The maximum atomic E-state index is 10.0. The van der Waals surface area contributed by atoms with Crippen molar-refractivity contribution in [2.75, 3.05) is 0 Å². The third-order valence-electron chi connectivity index (χ3n) is 1.52. The summed E-state index contributed by atoms with van der Waals surface area (Å²) in [7, 11) is 0. The van der Waals surface area contributed by atoms with Gasteiger partial charge in [0.1, 0.15) is 6.29 Å². The van der Waals surface area contributed by atoms with Crippen LogP contribution in [-0.2, 0) is 11.2 Å². The van der Waals surface area contributed by atoms with Crippen LogP contribution in [0.5, 0.6) is 0 Å². The summed E-state index contributed by atoms with van der Waals surface area (Å²) in [5.41, 5.74) is 2.14. The Labute approximate surface area is 66.3 Å². The molecule has 0 N–H and O–H groups in total. The fourth-order valence-electron chi connectivity index (χ4n) is 0.872. The second kappa shape index (κ2) is 3.86. The van der Waals surface area contributed by atoms with Gasteiger partial charge < -0.3 is 4.79 Å². The van der Waals surface area contributed by atoms with Gasteiger partial charge in [0.15, 0.2) is 0 Å². The first kappa shape index (κ1) is 7.92. The van der Waals surface area contributed by atoms with Crippen LogP contribution in [0.25, 0.3) is 0 Å². The molecule has 1 rings (SSSR count). The Hall–Kier alpha value is -1.18. The second-order valence-electron chi connectivity index (χ2n) is 2.51. The van der Waals surface area contributed by atoms with Gasteiger partial charge in [0.25, 0.3) is 0 Å². The molecular weight excluding hydrogens is 138 g/mol. The molecule has 0 spiro atoms. The van der Waals surface area contributed by atoms with Gasteiger partial charge in [0.05, 0.1) is 0 Å². The molecule has 1 heterocycles. The summed E-state index contributed by atoms with van der Waals surface area (Å²) in [5.74, 6) is 0. The molecule has 58 valence electrons. The minimum absolute atomic E-state index is 0.588. The van der Waals surface area contributed by atoms with Crippen molar-refractivity contribution < 1.29 is 4.79 Å². The normalized spacial score (nSPS) is 9.55. The van der Waals surface area contributed by atoms with E-state index in [0.29, 0.717) is 6.42 Å². The zero-order valence-electron chi connectivity index (χ0n) is 6.58. The first-order chi connectivity index (χ1) is 5.33. The van der Waals surface area contributed by atoms with Crippen LogP contribution in [0.15, 0.2) is 18.3 Å². The summed E-state index contributed by atoms with van der Waals surface area (Å²) >= 11 is 0. The minimum Gasteiger partial charge on any atom is -0.303 e. The van der Waals surface area contributed by atoms with Gasteiger partial charge in [-0.2, -0.15) is 0 Å². The molecule has 0 radical (unpaired) electrons. The lowest BCUT2D eigenvalue weighted by Gasteiger charge is -1.96. The lowest BCUT2D eigenvalue weighted by molar-refractivity contribution is -0.107. The Balaban J connectivity index is 2.58. The quantitative estimate of drug-likeness (QED) is 0.610. The van der Waals surface area contributed by atoms with Crippen molar-refractivity contribution in [2.24, 2.45) is 0 Å². The van der Waals surface area contributed by atoms with Crippen LogP contribution in [-0.4, -0.2) is 11.3 Å². The molecule has 0 aliphatic rings. The van der Waals surface area contributed by atoms with E-state index in [1.807, 2.05) is 25.3 Å². The predicted molar refractivity (Wildman–Crippen MR) is 43.4 cm³/mol. The van der Waals surface area contributed by atoms with Crippen molar-refractivity contribution in [3.8, 4) is 0 Å². The first-order valence-electron chi connectivity index (χ1n) is 3.68. The first-order valence-corrected chi connectivity index (χ1v) is 3.68. The molecule has 0 unspecified atom stereocenters. The number of hydrogen-bond donors (Lipinski definition) is 0. The molecule has 2 heteroatoms. The minimum atomic E-state index is 0.588. The van der Waals surface area contributed by atoms with Crippen LogP contribution in [0.2, 0.25) is 0 Å². The number of aromatic nitrogens is 1. The Morgan fingerprint density at radius 3 is 2.91 bits per heavy atom. The summed E-state index contributed by atoms with van der Waals surface area (Å²) in [6.07, 6.45) is 4.14. The standard InChI is InChI=1S/C9H11NO/c1-8-4-5-9(7-10-8)3-2-6-11/h4-7H,2-3H2,1H3. The van der Waals surface area contributed by atoms with E-state index in [1.165, 1.54) is 0 Å². The Morgan fingerprint density at radius 2 is 2.36 bits per heavy atom. The topological polar surface area (TPSA) is 30.0 Å². The Morgan fingerprint density at radius 1 is 1.55 bits per heavy atom. The van der Waals surface area contributed by atoms with Crippen molar-refractivity contribution in [2.45, 2.75) is 19.8 Å². The second-order valence-corrected chi connectivity index (χ2v) is 2.51. The summed E-state index contributed by atoms with van der Waals surface area (Å²) in [6, 6.07) is 3.96. The molecule has 0 bridgehead atoms. The number of rotatable bonds is 3. The smallest absolute Gasteiger partial charge is 0.120 e. The van der Waals surface area contributed by atoms with Gasteiger partial charge in [-0.1, -0.05) is 6.07 Å². The number of nitrogens with zero attached hydrogens (tertiary/aromatic N) is 1. The fraction of sp³-hybridized carbons (Fsp3) is 0.333. The summed E-state index contributed by atoms with van der Waals surface area (Å²) in [5, 5.41) is 0. The van der Waals surface area contributed by atoms with E-state index < -0.39 is 0 Å². The zero-order valence-corrected chi connectivity index (χ0v) is 6.58. The number of aryl methyl sites for hydroxylation is 2. The average molecular weight is 149 g/mol. The molecule has 0 aliphatic heterocycles. The van der Waals surface area contributed by atoms with E-state index >= 15 is 0 Å². The molecule has 0 fully saturated rings. The lowest BCUT2D eigenvalue weighted by atomic mass is 10.1. The highest BCUT2D eigenvalue weighted by atomic mass is 16.1. The van der Waals surface area contributed by atoms with Crippen molar-refractivity contribution in [3.05, 3.63) is 29.6 Å². The van der Waals surface area contributed by atoms with Crippen molar-refractivity contribution in [1.29, 1.82) is 0 Å². The molecule has 0 atom stereocenters. The van der Waals surface area contributed by atoms with Crippen LogP contribution in [0.1, 0.15) is 17.7 Å². The van der Waals surface area contributed by atoms with Crippen LogP contribution < -0.4 is 0 Å². The van der Waals surface area contributed by atoms with Gasteiger partial charge in [-0.05, 0) is 25.0 Å². The molecule has 11 heavy (non-hydrogen) atoms. The van der Waals surface area contributed by atoms with Crippen molar-refractivity contribution in [1.82, 2.24) is 4.98 Å². The number of pyridine rings is 1. The van der Waals surface area contributed by atoms with Crippen LogP contribution >= 0.6 is 0 Å². The van der Waals surface area contributed by atoms with Crippen molar-refractivity contribution in [3.63, 3.8) is 0 Å². The van der Waals surface area contributed by atoms with Crippen LogP contribution in [0.3, 0.4) is 0 Å². The van der Waals surface area contributed by atoms with Crippen LogP contribution in [0, 0.1) is 6.92 Å². The number of aldehydes is 1. The van der Waals surface area contributed by atoms with E-state index in [-0.39, 0.29) is 0 Å². The largest absolute Gasteiger partial charge is 0.303 e. The van der Waals surface area contributed by atoms with Gasteiger partial charge in [0, 0.05) is 18.3 Å². The third-order valence-corrected chi connectivity index (χ3v) is 1.52. The van der Waals surface area contributed by atoms with E-state index in [4.69, 9.17) is 0 Å². The summed E-state index contributed by atoms with van der Waals surface area (Å²) in [4.78, 5) is 14.1. The molecule has 0 amide bonds. The number of carbonyl (C=O) groups is 1. The molecule has 2 nitrogen and oxygen atoms in total. The van der Waals surface area contributed by atoms with Gasteiger partial charge >= 0.3 is 0 Å². The summed E-state index contributed by atoms with van der Waals surface area (Å²) < 4.78 is 0. The molecule has 0 saturated heterocycles. The number of carbonyl (C=O) groups excluding carboxylic acids is 1. The highest BCUT2D eigenvalue weighted by molar-refractivity contribution is 5.49. The maximum absolute atomic E-state index is 10.0. The highest BCUT2D eigenvalue weighted by Crippen LogP contribution is 2.00. The van der Waals surface area contributed by atoms with Crippen LogP contribution in [0.4, 0.5) is 0 Å². The van der Waals surface area contributed by atoms with E-state index in [2.05, 4.69) is 4.98 Å². The van der Waals surface area contributed by atoms with E-state index in [0.717, 1.165) is 24.0 Å². The van der Waals surface area contributed by atoms with Gasteiger partial charge in [-0.15, -0.1) is 0 Å². The number of hydrogen-bond acceptors (Lipinski definition) is 2. The third kappa shape index (κ3) is 2.50. The molecule has 0 aromatic carbocycles. The van der Waals surface area contributed by atoms with Gasteiger partial charge in [0.2, 0.25) is 0 Å². The molecule has 0 aliphatic carbocycles. The zero-order chi connectivity index (χ0) is 8.10. The van der Waals surface area contributed by atoms with Gasteiger partial charge in [-0.3, -0.25) is 4.98 Å². The molecular formula is C9H11NO. The Bertz CT molecular complexity index is 228. The van der Waals surface area contributed by atoms with E-state index in [9.17, 15) is 4.79 Å². The highest BCUT2D eigenvalue weighted by Gasteiger charge is 1.91. The maximum Gasteiger partial charge on any atom is 0.120 e.